The molecule has 0 saturated heterocycles. The van der Waals surface area contributed by atoms with Gasteiger partial charge >= 0.3 is 0 Å². The maximum Gasteiger partial charge on any atom is 0.234 e. The molecular weight excluding hydrogens is 306 g/mol. The lowest BCUT2D eigenvalue weighted by Crippen LogP contribution is -2.14. The number of anilines is 1. The zero-order valence-electron chi connectivity index (χ0n) is 13.0. The van der Waals surface area contributed by atoms with Gasteiger partial charge in [0.2, 0.25) is 5.91 Å². The van der Waals surface area contributed by atoms with Crippen LogP contribution in [0.15, 0.2) is 60.0 Å². The number of carbonyl (C=O) groups excluding carboxylic acids is 1. The Morgan fingerprint density at radius 3 is 2.83 bits per heavy atom. The fourth-order valence-electron chi connectivity index (χ4n) is 2.40. The predicted octanol–water partition coefficient (Wildman–Crippen LogP) is 4.02. The lowest BCUT2D eigenvalue weighted by molar-refractivity contribution is -0.113. The summed E-state index contributed by atoms with van der Waals surface area (Å²) >= 11 is 1.44. The van der Waals surface area contributed by atoms with Crippen LogP contribution in [0, 0.1) is 0 Å². The van der Waals surface area contributed by atoms with Crippen LogP contribution < -0.4 is 5.32 Å². The number of fused-ring (bicyclic) bond motifs is 1. The summed E-state index contributed by atoms with van der Waals surface area (Å²) in [6.07, 6.45) is 5.96. The van der Waals surface area contributed by atoms with Crippen molar-refractivity contribution in [2.45, 2.75) is 24.9 Å². The van der Waals surface area contributed by atoms with Gasteiger partial charge in [-0.05, 0) is 36.2 Å². The van der Waals surface area contributed by atoms with Gasteiger partial charge in [-0.3, -0.25) is 9.20 Å². The first-order valence-corrected chi connectivity index (χ1v) is 8.68. The summed E-state index contributed by atoms with van der Waals surface area (Å²) in [5, 5.41) is 3.75. The Kier molecular flexibility index (Phi) is 4.98. The van der Waals surface area contributed by atoms with Crippen LogP contribution in [0.3, 0.4) is 0 Å². The van der Waals surface area contributed by atoms with Gasteiger partial charge in [0.1, 0.15) is 0 Å². The van der Waals surface area contributed by atoms with E-state index in [1.54, 1.807) is 0 Å². The number of nitrogens with one attached hydrogen (secondary N) is 1. The number of hydrogen-bond acceptors (Lipinski definition) is 3. The molecule has 0 fully saturated rings. The first kappa shape index (κ1) is 15.6. The molecule has 3 rings (SSSR count). The molecule has 23 heavy (non-hydrogen) atoms. The van der Waals surface area contributed by atoms with Crippen molar-refractivity contribution in [2.24, 2.45) is 0 Å². The molecule has 2 aromatic heterocycles. The average Bonchev–Trinajstić information content (AvgIpc) is 2.98. The zero-order valence-corrected chi connectivity index (χ0v) is 13.8. The number of hydrogen-bond donors (Lipinski definition) is 1. The predicted molar refractivity (Wildman–Crippen MR) is 95.0 cm³/mol. The molecule has 0 saturated carbocycles. The second kappa shape index (κ2) is 7.33. The van der Waals surface area contributed by atoms with E-state index in [1.807, 2.05) is 47.1 Å². The number of rotatable bonds is 6. The molecule has 2 heterocycles. The molecule has 1 N–H and O–H groups in total. The van der Waals surface area contributed by atoms with Crippen molar-refractivity contribution in [1.82, 2.24) is 9.38 Å². The minimum atomic E-state index is -0.0223. The number of aromatic nitrogens is 2. The van der Waals surface area contributed by atoms with Crippen molar-refractivity contribution < 1.29 is 4.79 Å². The number of carbonyl (C=O) groups is 1. The monoisotopic (exact) mass is 325 g/mol. The fourth-order valence-corrected chi connectivity index (χ4v) is 3.16. The van der Waals surface area contributed by atoms with Crippen LogP contribution in [0.5, 0.6) is 0 Å². The van der Waals surface area contributed by atoms with E-state index in [0.29, 0.717) is 5.75 Å². The number of nitrogens with zero attached hydrogens (tertiary/aromatic N) is 2. The van der Waals surface area contributed by atoms with E-state index < -0.39 is 0 Å². The van der Waals surface area contributed by atoms with E-state index in [9.17, 15) is 4.79 Å². The molecule has 0 unspecified atom stereocenters. The first-order chi connectivity index (χ1) is 11.3. The van der Waals surface area contributed by atoms with Crippen LogP contribution in [0.25, 0.3) is 5.52 Å². The molecule has 0 bridgehead atoms. The van der Waals surface area contributed by atoms with E-state index in [1.165, 1.54) is 17.3 Å². The van der Waals surface area contributed by atoms with Crippen LogP contribution in [-0.2, 0) is 11.2 Å². The average molecular weight is 325 g/mol. The Morgan fingerprint density at radius 2 is 2.04 bits per heavy atom. The SMILES string of the molecule is CCCc1ccc(NC(=O)CSc2ncc3ccccn23)cc1. The Morgan fingerprint density at radius 1 is 1.22 bits per heavy atom. The lowest BCUT2D eigenvalue weighted by atomic mass is 10.1. The summed E-state index contributed by atoms with van der Waals surface area (Å²) < 4.78 is 1.98. The maximum atomic E-state index is 12.1. The number of amides is 1. The highest BCUT2D eigenvalue weighted by Gasteiger charge is 2.08. The number of benzene rings is 1. The molecule has 5 heteroatoms. The lowest BCUT2D eigenvalue weighted by Gasteiger charge is -2.06. The van der Waals surface area contributed by atoms with Crippen molar-refractivity contribution >= 4 is 28.9 Å². The minimum Gasteiger partial charge on any atom is -0.325 e. The van der Waals surface area contributed by atoms with E-state index >= 15 is 0 Å². The van der Waals surface area contributed by atoms with Crippen LogP contribution in [0.2, 0.25) is 0 Å². The molecule has 0 aliphatic heterocycles. The molecule has 0 spiro atoms. The molecule has 0 radical (unpaired) electrons. The third kappa shape index (κ3) is 3.93. The standard InChI is InChI=1S/C18H19N3OS/c1-2-5-14-7-9-15(10-8-14)20-17(22)13-23-18-19-12-16-6-3-4-11-21(16)18/h3-4,6-12H,2,5,13H2,1H3,(H,20,22). The van der Waals surface area contributed by atoms with Crippen LogP contribution in [-0.4, -0.2) is 21.0 Å². The van der Waals surface area contributed by atoms with Gasteiger partial charge in [-0.2, -0.15) is 0 Å². The normalized spacial score (nSPS) is 10.8. The largest absolute Gasteiger partial charge is 0.325 e. The van der Waals surface area contributed by atoms with Gasteiger partial charge in [0.25, 0.3) is 0 Å². The van der Waals surface area contributed by atoms with E-state index in [2.05, 4.69) is 29.4 Å². The highest BCUT2D eigenvalue weighted by molar-refractivity contribution is 7.99. The maximum absolute atomic E-state index is 12.1. The van der Waals surface area contributed by atoms with Crippen molar-refractivity contribution in [2.75, 3.05) is 11.1 Å². The smallest absolute Gasteiger partial charge is 0.234 e. The molecule has 1 amide bonds. The van der Waals surface area contributed by atoms with Gasteiger partial charge in [-0.15, -0.1) is 0 Å². The molecule has 0 aliphatic carbocycles. The third-order valence-corrected chi connectivity index (χ3v) is 4.48. The second-order valence-electron chi connectivity index (χ2n) is 5.32. The summed E-state index contributed by atoms with van der Waals surface area (Å²) in [6.45, 7) is 2.16. The van der Waals surface area contributed by atoms with Gasteiger partial charge in [0.15, 0.2) is 5.16 Å². The molecule has 4 nitrogen and oxygen atoms in total. The first-order valence-electron chi connectivity index (χ1n) is 7.70. The highest BCUT2D eigenvalue weighted by atomic mass is 32.2. The summed E-state index contributed by atoms with van der Waals surface area (Å²) in [5.74, 6) is 0.316. The quantitative estimate of drug-likeness (QED) is 0.696. The second-order valence-corrected chi connectivity index (χ2v) is 6.26. The molecule has 118 valence electrons. The molecule has 0 atom stereocenters. The summed E-state index contributed by atoms with van der Waals surface area (Å²) in [4.78, 5) is 16.4. The summed E-state index contributed by atoms with van der Waals surface area (Å²) in [5.41, 5.74) is 3.16. The molecule has 1 aromatic carbocycles. The van der Waals surface area contributed by atoms with Gasteiger partial charge in [-0.25, -0.2) is 4.98 Å². The van der Waals surface area contributed by atoms with Gasteiger partial charge < -0.3 is 5.32 Å². The Bertz CT molecular complexity index is 795. The van der Waals surface area contributed by atoms with Crippen LogP contribution in [0.1, 0.15) is 18.9 Å². The third-order valence-electron chi connectivity index (χ3n) is 3.51. The zero-order chi connectivity index (χ0) is 16.1. The fraction of sp³-hybridized carbons (Fsp3) is 0.222. The molecular formula is C18H19N3OS. The molecule has 0 aliphatic rings. The van der Waals surface area contributed by atoms with Gasteiger partial charge in [0.05, 0.1) is 17.5 Å². The Balaban J connectivity index is 1.57. The summed E-state index contributed by atoms with van der Waals surface area (Å²) in [7, 11) is 0. The van der Waals surface area contributed by atoms with Crippen LogP contribution in [0.4, 0.5) is 5.69 Å². The topological polar surface area (TPSA) is 46.4 Å². The van der Waals surface area contributed by atoms with Crippen LogP contribution >= 0.6 is 11.8 Å². The van der Waals surface area contributed by atoms with Crippen molar-refractivity contribution in [3.63, 3.8) is 0 Å². The molecule has 3 aromatic rings. The van der Waals surface area contributed by atoms with E-state index in [4.69, 9.17) is 0 Å². The van der Waals surface area contributed by atoms with Gasteiger partial charge in [0, 0.05) is 11.9 Å². The Hall–Kier alpha value is -2.27. The van der Waals surface area contributed by atoms with Crippen molar-refractivity contribution in [3.05, 3.63) is 60.4 Å². The number of imidazole rings is 1. The van der Waals surface area contributed by atoms with Gasteiger partial charge in [-0.1, -0.05) is 43.3 Å². The van der Waals surface area contributed by atoms with Crippen molar-refractivity contribution in [1.29, 1.82) is 0 Å². The van der Waals surface area contributed by atoms with Crippen molar-refractivity contribution in [3.8, 4) is 0 Å². The number of pyridine rings is 1. The van der Waals surface area contributed by atoms with E-state index in [-0.39, 0.29) is 5.91 Å². The number of aryl methyl sites for hydroxylation is 1. The highest BCUT2D eigenvalue weighted by Crippen LogP contribution is 2.19. The van der Waals surface area contributed by atoms with E-state index in [0.717, 1.165) is 29.2 Å². The minimum absolute atomic E-state index is 0.0223. The Labute approximate surface area is 139 Å². The number of thioether (sulfide) groups is 1. The summed E-state index contributed by atoms with van der Waals surface area (Å²) in [6, 6.07) is 14.0.